The van der Waals surface area contributed by atoms with Gasteiger partial charge in [-0.2, -0.15) is 0 Å². The maximum Gasteiger partial charge on any atom is 0.439 e. The van der Waals surface area contributed by atoms with Crippen molar-refractivity contribution in [3.63, 3.8) is 0 Å². The Bertz CT molecular complexity index is 544. The van der Waals surface area contributed by atoms with Crippen LogP contribution in [0.4, 0.5) is 0 Å². The molecule has 1 N–H and O–H groups in total. The molecular weight excluding hydrogens is 216 g/mol. The Morgan fingerprint density at radius 1 is 1.24 bits per heavy atom. The third-order valence-electron chi connectivity index (χ3n) is 2.40. The molecule has 90 valence electrons. The van der Waals surface area contributed by atoms with Crippen molar-refractivity contribution in [2.24, 2.45) is 5.41 Å². The van der Waals surface area contributed by atoms with Crippen molar-refractivity contribution in [1.29, 1.82) is 0 Å². The molecule has 0 unspecified atom stereocenters. The highest BCUT2D eigenvalue weighted by molar-refractivity contribution is 5.54. The van der Waals surface area contributed by atoms with Crippen molar-refractivity contribution >= 4 is 0 Å². The first-order chi connectivity index (χ1) is 7.94. The fourth-order valence-corrected chi connectivity index (χ4v) is 1.75. The number of hydrogen-bond acceptors (Lipinski definition) is 3. The number of benzene rings is 1. The van der Waals surface area contributed by atoms with E-state index in [2.05, 4.69) is 35.4 Å². The van der Waals surface area contributed by atoms with Crippen molar-refractivity contribution < 1.29 is 4.52 Å². The second-order valence-electron chi connectivity index (χ2n) is 5.38. The van der Waals surface area contributed by atoms with Crippen molar-refractivity contribution in [2.45, 2.75) is 27.2 Å². The molecule has 0 radical (unpaired) electrons. The smallest absolute Gasteiger partial charge is 0.296 e. The summed E-state index contributed by atoms with van der Waals surface area (Å²) in [5.74, 6) is -0.0592. The van der Waals surface area contributed by atoms with Crippen LogP contribution in [0.5, 0.6) is 0 Å². The van der Waals surface area contributed by atoms with Gasteiger partial charge in [0.25, 0.3) is 0 Å². The maximum absolute atomic E-state index is 10.8. The molecule has 0 fully saturated rings. The van der Waals surface area contributed by atoms with E-state index in [1.165, 1.54) is 5.56 Å². The van der Waals surface area contributed by atoms with Crippen LogP contribution in [0.1, 0.15) is 26.3 Å². The van der Waals surface area contributed by atoms with Gasteiger partial charge in [0.1, 0.15) is 0 Å². The third kappa shape index (κ3) is 3.06. The molecule has 2 aromatic rings. The minimum atomic E-state index is -0.529. The van der Waals surface area contributed by atoms with E-state index >= 15 is 0 Å². The first-order valence-corrected chi connectivity index (χ1v) is 5.59. The first-order valence-electron chi connectivity index (χ1n) is 5.59. The van der Waals surface area contributed by atoms with Gasteiger partial charge < -0.3 is 0 Å². The van der Waals surface area contributed by atoms with Crippen molar-refractivity contribution in [3.8, 4) is 11.4 Å². The Kier molecular flexibility index (Phi) is 2.88. The number of hydrogen-bond donors (Lipinski definition) is 1. The van der Waals surface area contributed by atoms with Gasteiger partial charge in [-0.15, -0.1) is 0 Å². The summed E-state index contributed by atoms with van der Waals surface area (Å²) in [6, 6.07) is 7.98. The van der Waals surface area contributed by atoms with Crippen LogP contribution in [-0.2, 0) is 6.42 Å². The standard InChI is InChI=1S/C13H16N2O2/c1-13(2,3)8-9-4-6-10(7-5-9)11-14-12(16)17-15-11/h4-7H,8H2,1-3H3,(H,14,15,16). The summed E-state index contributed by atoms with van der Waals surface area (Å²) in [5, 5.41) is 3.65. The molecule has 0 aliphatic rings. The Morgan fingerprint density at radius 2 is 1.88 bits per heavy atom. The number of aromatic amines is 1. The van der Waals surface area contributed by atoms with Crippen LogP contribution in [0.2, 0.25) is 0 Å². The van der Waals surface area contributed by atoms with Crippen LogP contribution in [0.25, 0.3) is 11.4 Å². The van der Waals surface area contributed by atoms with E-state index in [9.17, 15) is 4.79 Å². The predicted molar refractivity (Wildman–Crippen MR) is 65.7 cm³/mol. The van der Waals surface area contributed by atoms with Gasteiger partial charge in [-0.05, 0) is 17.4 Å². The molecule has 0 amide bonds. The van der Waals surface area contributed by atoms with E-state index in [-0.39, 0.29) is 5.41 Å². The van der Waals surface area contributed by atoms with E-state index in [0.29, 0.717) is 5.82 Å². The van der Waals surface area contributed by atoms with E-state index in [1.54, 1.807) is 0 Å². The van der Waals surface area contributed by atoms with Crippen LogP contribution in [0, 0.1) is 5.41 Å². The number of nitrogens with zero attached hydrogens (tertiary/aromatic N) is 1. The molecule has 0 bridgehead atoms. The molecule has 1 aromatic carbocycles. The Hall–Kier alpha value is -1.84. The molecule has 17 heavy (non-hydrogen) atoms. The molecule has 0 saturated heterocycles. The van der Waals surface area contributed by atoms with Gasteiger partial charge in [0.15, 0.2) is 5.82 Å². The molecule has 4 heteroatoms. The molecule has 0 spiro atoms. The molecule has 0 atom stereocenters. The van der Waals surface area contributed by atoms with Gasteiger partial charge in [0.2, 0.25) is 0 Å². The van der Waals surface area contributed by atoms with Gasteiger partial charge in [-0.3, -0.25) is 9.51 Å². The molecule has 1 aromatic heterocycles. The number of H-pyrrole nitrogens is 1. The first kappa shape index (κ1) is 11.6. The summed E-state index contributed by atoms with van der Waals surface area (Å²) < 4.78 is 4.47. The fourth-order valence-electron chi connectivity index (χ4n) is 1.75. The zero-order valence-electron chi connectivity index (χ0n) is 10.3. The molecule has 0 saturated carbocycles. The molecule has 1 heterocycles. The highest BCUT2D eigenvalue weighted by Crippen LogP contribution is 2.22. The second kappa shape index (κ2) is 4.20. The number of rotatable bonds is 2. The molecular formula is C13H16N2O2. The quantitative estimate of drug-likeness (QED) is 0.865. The van der Waals surface area contributed by atoms with Gasteiger partial charge in [-0.1, -0.05) is 50.2 Å². The highest BCUT2D eigenvalue weighted by atomic mass is 16.5. The Balaban J connectivity index is 2.21. The molecule has 0 aliphatic heterocycles. The average Bonchev–Trinajstić information content (AvgIpc) is 2.63. The van der Waals surface area contributed by atoms with Crippen LogP contribution in [0.3, 0.4) is 0 Å². The van der Waals surface area contributed by atoms with Crippen LogP contribution < -0.4 is 5.76 Å². The van der Waals surface area contributed by atoms with Crippen molar-refractivity contribution in [1.82, 2.24) is 10.1 Å². The molecule has 4 nitrogen and oxygen atoms in total. The Labute approximate surface area is 99.7 Å². The van der Waals surface area contributed by atoms with E-state index in [1.807, 2.05) is 24.3 Å². The zero-order chi connectivity index (χ0) is 12.5. The Morgan fingerprint density at radius 3 is 2.35 bits per heavy atom. The SMILES string of the molecule is CC(C)(C)Cc1ccc(-c2noc(=O)[nH]2)cc1. The minimum Gasteiger partial charge on any atom is -0.296 e. The normalized spacial score (nSPS) is 11.7. The van der Waals surface area contributed by atoms with Gasteiger partial charge in [0, 0.05) is 5.56 Å². The molecule has 2 rings (SSSR count). The van der Waals surface area contributed by atoms with Gasteiger partial charge in [0.05, 0.1) is 0 Å². The van der Waals surface area contributed by atoms with E-state index in [4.69, 9.17) is 0 Å². The zero-order valence-corrected chi connectivity index (χ0v) is 10.3. The maximum atomic E-state index is 10.8. The van der Waals surface area contributed by atoms with Crippen LogP contribution in [-0.4, -0.2) is 10.1 Å². The average molecular weight is 232 g/mol. The van der Waals surface area contributed by atoms with Crippen molar-refractivity contribution in [3.05, 3.63) is 40.4 Å². The number of aromatic nitrogens is 2. The third-order valence-corrected chi connectivity index (χ3v) is 2.40. The lowest BCUT2D eigenvalue weighted by molar-refractivity contribution is 0.388. The minimum absolute atomic E-state index is 0.268. The topological polar surface area (TPSA) is 58.9 Å². The summed E-state index contributed by atoms with van der Waals surface area (Å²) in [4.78, 5) is 13.4. The summed E-state index contributed by atoms with van der Waals surface area (Å²) in [6.45, 7) is 6.61. The second-order valence-corrected chi connectivity index (χ2v) is 5.38. The summed E-state index contributed by atoms with van der Waals surface area (Å²) in [6.07, 6.45) is 1.02. The number of nitrogens with one attached hydrogen (secondary N) is 1. The van der Waals surface area contributed by atoms with E-state index in [0.717, 1.165) is 12.0 Å². The fraction of sp³-hybridized carbons (Fsp3) is 0.385. The summed E-state index contributed by atoms with van der Waals surface area (Å²) >= 11 is 0. The lowest BCUT2D eigenvalue weighted by Crippen LogP contribution is -2.08. The largest absolute Gasteiger partial charge is 0.439 e. The molecule has 0 aliphatic carbocycles. The van der Waals surface area contributed by atoms with Crippen LogP contribution in [0.15, 0.2) is 33.6 Å². The van der Waals surface area contributed by atoms with Crippen LogP contribution >= 0.6 is 0 Å². The van der Waals surface area contributed by atoms with Gasteiger partial charge in [-0.25, -0.2) is 4.79 Å². The lowest BCUT2D eigenvalue weighted by atomic mass is 9.88. The van der Waals surface area contributed by atoms with E-state index < -0.39 is 5.76 Å². The predicted octanol–water partition coefficient (Wildman–Crippen LogP) is 2.62. The lowest BCUT2D eigenvalue weighted by Gasteiger charge is -2.17. The van der Waals surface area contributed by atoms with Crippen molar-refractivity contribution in [2.75, 3.05) is 0 Å². The van der Waals surface area contributed by atoms with Gasteiger partial charge >= 0.3 is 5.76 Å². The summed E-state index contributed by atoms with van der Waals surface area (Å²) in [5.41, 5.74) is 2.39. The summed E-state index contributed by atoms with van der Waals surface area (Å²) in [7, 11) is 0. The monoisotopic (exact) mass is 232 g/mol. The highest BCUT2D eigenvalue weighted by Gasteiger charge is 2.11.